The van der Waals surface area contributed by atoms with E-state index in [1.807, 2.05) is 0 Å². The number of amides is 2. The average molecular weight is 488 g/mol. The number of ether oxygens (including phenoxy) is 3. The minimum Gasteiger partial charge on any atom is -0.481 e. The molecule has 1 fully saturated rings. The fourth-order valence-corrected chi connectivity index (χ4v) is 3.71. The van der Waals surface area contributed by atoms with Gasteiger partial charge in [-0.05, 0) is 87.9 Å². The van der Waals surface area contributed by atoms with Gasteiger partial charge in [0.15, 0.2) is 6.10 Å². The van der Waals surface area contributed by atoms with E-state index in [9.17, 15) is 18.4 Å². The number of rotatable bonds is 10. The second-order valence-corrected chi connectivity index (χ2v) is 8.82. The van der Waals surface area contributed by atoms with Crippen LogP contribution in [0.5, 0.6) is 5.75 Å². The summed E-state index contributed by atoms with van der Waals surface area (Å²) in [5.41, 5.74) is 3.14. The number of imide groups is 1. The van der Waals surface area contributed by atoms with E-state index in [1.54, 1.807) is 39.8 Å². The summed E-state index contributed by atoms with van der Waals surface area (Å²) >= 11 is 0. The Labute approximate surface area is 204 Å². The molecule has 0 saturated carbocycles. The monoisotopic (exact) mass is 487 g/mol. The average Bonchev–Trinajstić information content (AvgIpc) is 3.21. The molecule has 0 radical (unpaired) electrons. The lowest BCUT2D eigenvalue weighted by atomic mass is 10.1. The van der Waals surface area contributed by atoms with E-state index in [4.69, 9.17) is 14.2 Å². The van der Waals surface area contributed by atoms with Gasteiger partial charge in [-0.2, -0.15) is 0 Å². The van der Waals surface area contributed by atoms with Crippen LogP contribution in [0.4, 0.5) is 13.6 Å². The van der Waals surface area contributed by atoms with Crippen molar-refractivity contribution in [1.29, 1.82) is 0 Å². The molecule has 6 nitrogen and oxygen atoms in total. The molecular formula is C27H31F2NO5. The van der Waals surface area contributed by atoms with Gasteiger partial charge in [-0.1, -0.05) is 17.7 Å². The summed E-state index contributed by atoms with van der Waals surface area (Å²) in [6.45, 7) is 7.75. The van der Waals surface area contributed by atoms with Crippen molar-refractivity contribution in [2.45, 2.75) is 59.7 Å². The molecular weight excluding hydrogens is 456 g/mol. The molecule has 2 aromatic carbocycles. The Balaban J connectivity index is 1.62. The molecule has 1 aliphatic rings. The molecule has 188 valence electrons. The SMILES string of the molecule is CC(C)=C1COC(=O)N1C(=O)[C@@H](CCCCOCc1ccc(F)c(C)c1)Oc1ccc(F)c(C)c1. The van der Waals surface area contributed by atoms with E-state index < -0.39 is 18.1 Å². The number of cyclic esters (lactones) is 1. The van der Waals surface area contributed by atoms with E-state index >= 15 is 0 Å². The second-order valence-electron chi connectivity index (χ2n) is 8.82. The lowest BCUT2D eigenvalue weighted by Crippen LogP contribution is -2.42. The highest BCUT2D eigenvalue weighted by Gasteiger charge is 2.38. The lowest BCUT2D eigenvalue weighted by molar-refractivity contribution is -0.134. The number of unbranched alkanes of at least 4 members (excludes halogenated alkanes) is 1. The number of aryl methyl sites for hydroxylation is 2. The van der Waals surface area contributed by atoms with Gasteiger partial charge in [-0.25, -0.2) is 18.5 Å². The van der Waals surface area contributed by atoms with E-state index in [2.05, 4.69) is 0 Å². The summed E-state index contributed by atoms with van der Waals surface area (Å²) in [6.07, 6.45) is -0.122. The molecule has 3 rings (SSSR count). The third-order valence-electron chi connectivity index (χ3n) is 5.76. The summed E-state index contributed by atoms with van der Waals surface area (Å²) in [7, 11) is 0. The zero-order valence-electron chi connectivity index (χ0n) is 20.5. The largest absolute Gasteiger partial charge is 0.481 e. The zero-order valence-corrected chi connectivity index (χ0v) is 20.5. The summed E-state index contributed by atoms with van der Waals surface area (Å²) in [5.74, 6) is -0.799. The highest BCUT2D eigenvalue weighted by atomic mass is 19.1. The minimum atomic E-state index is -0.959. The van der Waals surface area contributed by atoms with Crippen LogP contribution in [-0.2, 0) is 20.9 Å². The smallest absolute Gasteiger partial charge is 0.421 e. The van der Waals surface area contributed by atoms with E-state index in [-0.39, 0.29) is 18.2 Å². The molecule has 0 spiro atoms. The Bertz CT molecular complexity index is 1110. The first kappa shape index (κ1) is 26.3. The first-order valence-electron chi connectivity index (χ1n) is 11.6. The summed E-state index contributed by atoms with van der Waals surface area (Å²) in [4.78, 5) is 26.6. The molecule has 8 heteroatoms. The molecule has 1 atom stereocenters. The van der Waals surface area contributed by atoms with Crippen molar-refractivity contribution in [3.8, 4) is 5.75 Å². The Kier molecular flexibility index (Phi) is 8.98. The topological polar surface area (TPSA) is 65.1 Å². The lowest BCUT2D eigenvalue weighted by Gasteiger charge is -2.23. The van der Waals surface area contributed by atoms with Crippen molar-refractivity contribution in [3.63, 3.8) is 0 Å². The molecule has 1 saturated heterocycles. The Morgan fingerprint density at radius 1 is 1.06 bits per heavy atom. The van der Waals surface area contributed by atoms with Crippen molar-refractivity contribution < 1.29 is 32.6 Å². The maximum absolute atomic E-state index is 13.7. The van der Waals surface area contributed by atoms with Crippen LogP contribution in [0.2, 0.25) is 0 Å². The van der Waals surface area contributed by atoms with Gasteiger partial charge >= 0.3 is 6.09 Å². The van der Waals surface area contributed by atoms with Crippen molar-refractivity contribution in [2.24, 2.45) is 0 Å². The van der Waals surface area contributed by atoms with Crippen molar-refractivity contribution in [2.75, 3.05) is 13.2 Å². The van der Waals surface area contributed by atoms with Gasteiger partial charge in [-0.15, -0.1) is 0 Å². The van der Waals surface area contributed by atoms with Crippen molar-refractivity contribution in [3.05, 3.63) is 76.0 Å². The summed E-state index contributed by atoms with van der Waals surface area (Å²) in [5, 5.41) is 0. The number of carbonyl (C=O) groups excluding carboxylic acids is 2. The minimum absolute atomic E-state index is 0.0337. The molecule has 1 aliphatic heterocycles. The van der Waals surface area contributed by atoms with Gasteiger partial charge in [0.1, 0.15) is 24.0 Å². The standard InChI is InChI=1S/C27H31F2NO5/c1-17(2)24-16-34-27(32)30(24)26(31)25(35-21-9-11-23(29)19(4)14-21)7-5-6-12-33-15-20-8-10-22(28)18(3)13-20/h8-11,13-14,25H,5-7,12,15-16H2,1-4H3/t25-/m1/s1. The second kappa shape index (κ2) is 11.9. The first-order valence-corrected chi connectivity index (χ1v) is 11.6. The molecule has 35 heavy (non-hydrogen) atoms. The number of hydrogen-bond acceptors (Lipinski definition) is 5. The number of carbonyl (C=O) groups is 2. The van der Waals surface area contributed by atoms with Crippen LogP contribution in [0.3, 0.4) is 0 Å². The summed E-state index contributed by atoms with van der Waals surface area (Å²) in [6, 6.07) is 9.11. The highest BCUT2D eigenvalue weighted by Crippen LogP contribution is 2.25. The number of halogens is 2. The zero-order chi connectivity index (χ0) is 25.5. The molecule has 2 aromatic rings. The first-order chi connectivity index (χ1) is 16.7. The van der Waals surface area contributed by atoms with E-state index in [0.717, 1.165) is 16.0 Å². The molecule has 2 amide bonds. The van der Waals surface area contributed by atoms with Crippen LogP contribution in [0, 0.1) is 25.5 Å². The Morgan fingerprint density at radius 3 is 2.40 bits per heavy atom. The van der Waals surface area contributed by atoms with Crippen LogP contribution < -0.4 is 4.74 Å². The van der Waals surface area contributed by atoms with Gasteiger partial charge < -0.3 is 14.2 Å². The fourth-order valence-electron chi connectivity index (χ4n) is 3.71. The molecule has 0 unspecified atom stereocenters. The number of benzene rings is 2. The van der Waals surface area contributed by atoms with Crippen LogP contribution in [0.1, 0.15) is 49.8 Å². The van der Waals surface area contributed by atoms with Gasteiger partial charge in [0.05, 0.1) is 12.3 Å². The molecule has 1 heterocycles. The number of allylic oxidation sites excluding steroid dienone is 1. The summed E-state index contributed by atoms with van der Waals surface area (Å²) < 4.78 is 43.8. The van der Waals surface area contributed by atoms with Gasteiger partial charge in [-0.3, -0.25) is 4.79 Å². The molecule has 0 aliphatic carbocycles. The quantitative estimate of drug-likeness (QED) is 0.385. The third-order valence-corrected chi connectivity index (χ3v) is 5.76. The molecule has 0 N–H and O–H groups in total. The van der Waals surface area contributed by atoms with Gasteiger partial charge in [0.2, 0.25) is 0 Å². The predicted molar refractivity (Wildman–Crippen MR) is 127 cm³/mol. The van der Waals surface area contributed by atoms with Crippen LogP contribution >= 0.6 is 0 Å². The maximum atomic E-state index is 13.7. The van der Waals surface area contributed by atoms with E-state index in [1.165, 1.54) is 24.3 Å². The van der Waals surface area contributed by atoms with Crippen LogP contribution in [-0.4, -0.2) is 36.2 Å². The Hall–Kier alpha value is -3.26. The van der Waals surface area contributed by atoms with Gasteiger partial charge in [0.25, 0.3) is 5.91 Å². The normalized spacial score (nSPS) is 14.2. The highest BCUT2D eigenvalue weighted by molar-refractivity contribution is 5.98. The number of hydrogen-bond donors (Lipinski definition) is 0. The number of nitrogens with zero attached hydrogens (tertiary/aromatic N) is 1. The fraction of sp³-hybridized carbons (Fsp3) is 0.407. The molecule has 0 bridgehead atoms. The maximum Gasteiger partial charge on any atom is 0.421 e. The molecule has 0 aromatic heterocycles. The van der Waals surface area contributed by atoms with Crippen LogP contribution in [0.25, 0.3) is 0 Å². The Morgan fingerprint density at radius 2 is 1.74 bits per heavy atom. The van der Waals surface area contributed by atoms with Crippen molar-refractivity contribution in [1.82, 2.24) is 4.90 Å². The predicted octanol–water partition coefficient (Wildman–Crippen LogP) is 5.99. The third kappa shape index (κ3) is 6.88. The van der Waals surface area contributed by atoms with Gasteiger partial charge in [0, 0.05) is 6.61 Å². The van der Waals surface area contributed by atoms with Crippen LogP contribution in [0.15, 0.2) is 47.7 Å². The van der Waals surface area contributed by atoms with Crippen molar-refractivity contribution >= 4 is 12.0 Å². The van der Waals surface area contributed by atoms with E-state index in [0.29, 0.717) is 55.0 Å².